The number of carbonyl (C=O) groups is 1. The number of hydrogen-bond donors (Lipinski definition) is 3. The van der Waals surface area contributed by atoms with Crippen LogP contribution < -0.4 is 10.6 Å². The third-order valence-corrected chi connectivity index (χ3v) is 3.88. The van der Waals surface area contributed by atoms with E-state index >= 15 is 0 Å². The molecule has 2 unspecified atom stereocenters. The number of phenolic OH excluding ortho intramolecular Hbond substituents is 1. The van der Waals surface area contributed by atoms with Gasteiger partial charge in [-0.05, 0) is 37.4 Å². The van der Waals surface area contributed by atoms with Gasteiger partial charge in [0.15, 0.2) is 0 Å². The highest BCUT2D eigenvalue weighted by Gasteiger charge is 2.23. The molecule has 1 aliphatic rings. The summed E-state index contributed by atoms with van der Waals surface area (Å²) in [5, 5.41) is 16.0. The molecule has 0 saturated carbocycles. The quantitative estimate of drug-likeness (QED) is 0.776. The summed E-state index contributed by atoms with van der Waals surface area (Å²) in [5.41, 5.74) is 0.339. The van der Waals surface area contributed by atoms with Crippen molar-refractivity contribution in [3.05, 3.63) is 29.8 Å². The molecule has 0 bridgehead atoms. The smallest absolute Gasteiger partial charge is 0.255 e. The van der Waals surface area contributed by atoms with Crippen LogP contribution in [-0.2, 0) is 0 Å². The largest absolute Gasteiger partial charge is 0.507 e. The van der Waals surface area contributed by atoms with Gasteiger partial charge in [-0.1, -0.05) is 25.5 Å². The van der Waals surface area contributed by atoms with E-state index in [1.165, 1.54) is 18.9 Å². The lowest BCUT2D eigenvalue weighted by atomic mass is 9.88. The number of piperidine rings is 1. The minimum atomic E-state index is -0.208. The van der Waals surface area contributed by atoms with E-state index in [2.05, 4.69) is 17.6 Å². The molecule has 2 atom stereocenters. The summed E-state index contributed by atoms with van der Waals surface area (Å²) >= 11 is 0. The molecule has 1 heterocycles. The highest BCUT2D eigenvalue weighted by Crippen LogP contribution is 2.20. The summed E-state index contributed by atoms with van der Waals surface area (Å²) in [4.78, 5) is 12.0. The van der Waals surface area contributed by atoms with Crippen LogP contribution in [0.25, 0.3) is 0 Å². The van der Waals surface area contributed by atoms with Crippen molar-refractivity contribution in [3.8, 4) is 5.75 Å². The number of benzene rings is 1. The number of phenols is 1. The maximum absolute atomic E-state index is 12.0. The molecule has 0 aromatic heterocycles. The average Bonchev–Trinajstić information content (AvgIpc) is 2.45. The molecule has 0 spiro atoms. The van der Waals surface area contributed by atoms with Gasteiger partial charge in [0.1, 0.15) is 5.75 Å². The lowest BCUT2D eigenvalue weighted by Gasteiger charge is -2.32. The second-order valence-electron chi connectivity index (χ2n) is 5.10. The van der Waals surface area contributed by atoms with E-state index in [4.69, 9.17) is 0 Å². The Morgan fingerprint density at radius 2 is 2.26 bits per heavy atom. The maximum atomic E-state index is 12.0. The van der Waals surface area contributed by atoms with Crippen molar-refractivity contribution in [2.75, 3.05) is 13.1 Å². The Morgan fingerprint density at radius 3 is 3.00 bits per heavy atom. The van der Waals surface area contributed by atoms with Gasteiger partial charge >= 0.3 is 0 Å². The van der Waals surface area contributed by atoms with Crippen LogP contribution in [0.15, 0.2) is 24.3 Å². The van der Waals surface area contributed by atoms with E-state index in [1.807, 2.05) is 0 Å². The number of para-hydroxylation sites is 1. The first-order chi connectivity index (χ1) is 9.22. The molecular weight excluding hydrogens is 240 g/mol. The van der Waals surface area contributed by atoms with E-state index < -0.39 is 0 Å². The summed E-state index contributed by atoms with van der Waals surface area (Å²) in [6.07, 6.45) is 3.56. The van der Waals surface area contributed by atoms with Crippen molar-refractivity contribution in [3.63, 3.8) is 0 Å². The van der Waals surface area contributed by atoms with Crippen molar-refractivity contribution in [1.82, 2.24) is 10.6 Å². The normalized spacial score (nSPS) is 23.0. The van der Waals surface area contributed by atoms with Gasteiger partial charge in [0.25, 0.3) is 5.91 Å². The van der Waals surface area contributed by atoms with E-state index in [0.717, 1.165) is 13.0 Å². The number of rotatable bonds is 4. The van der Waals surface area contributed by atoms with E-state index in [-0.39, 0.29) is 11.7 Å². The van der Waals surface area contributed by atoms with Crippen LogP contribution in [0.2, 0.25) is 0 Å². The Labute approximate surface area is 114 Å². The third-order valence-electron chi connectivity index (χ3n) is 3.88. The van der Waals surface area contributed by atoms with Crippen LogP contribution in [0.5, 0.6) is 5.75 Å². The molecule has 2 rings (SSSR count). The molecule has 1 aromatic rings. The number of carbonyl (C=O) groups excluding carboxylic acids is 1. The van der Waals surface area contributed by atoms with Crippen LogP contribution in [0.3, 0.4) is 0 Å². The van der Waals surface area contributed by atoms with Gasteiger partial charge in [-0.3, -0.25) is 4.79 Å². The van der Waals surface area contributed by atoms with Gasteiger partial charge in [0, 0.05) is 12.6 Å². The second-order valence-corrected chi connectivity index (χ2v) is 5.10. The standard InChI is InChI=1S/C15H22N2O2/c1-2-11-6-5-9-16-13(11)10-17-15(19)12-7-3-4-8-14(12)18/h3-4,7-8,11,13,16,18H,2,5-6,9-10H2,1H3,(H,17,19). The van der Waals surface area contributed by atoms with Crippen LogP contribution in [0.1, 0.15) is 36.5 Å². The average molecular weight is 262 g/mol. The fraction of sp³-hybridized carbons (Fsp3) is 0.533. The topological polar surface area (TPSA) is 61.4 Å². The number of nitrogens with one attached hydrogen (secondary N) is 2. The van der Waals surface area contributed by atoms with Crippen molar-refractivity contribution < 1.29 is 9.90 Å². The molecule has 1 amide bonds. The predicted octanol–water partition coefficient (Wildman–Crippen LogP) is 1.90. The summed E-state index contributed by atoms with van der Waals surface area (Å²) in [6.45, 7) is 3.83. The first kappa shape index (κ1) is 13.9. The maximum Gasteiger partial charge on any atom is 0.255 e. The summed E-state index contributed by atoms with van der Waals surface area (Å²) < 4.78 is 0. The molecule has 1 saturated heterocycles. The zero-order valence-electron chi connectivity index (χ0n) is 11.4. The number of hydrogen-bond acceptors (Lipinski definition) is 3. The Balaban J connectivity index is 1.91. The van der Waals surface area contributed by atoms with Crippen LogP contribution in [-0.4, -0.2) is 30.1 Å². The highest BCUT2D eigenvalue weighted by atomic mass is 16.3. The van der Waals surface area contributed by atoms with Gasteiger partial charge in [-0.2, -0.15) is 0 Å². The zero-order valence-corrected chi connectivity index (χ0v) is 11.4. The van der Waals surface area contributed by atoms with Gasteiger partial charge in [-0.15, -0.1) is 0 Å². The van der Waals surface area contributed by atoms with Crippen LogP contribution in [0, 0.1) is 5.92 Å². The summed E-state index contributed by atoms with van der Waals surface area (Å²) in [7, 11) is 0. The molecule has 0 radical (unpaired) electrons. The highest BCUT2D eigenvalue weighted by molar-refractivity contribution is 5.96. The summed E-state index contributed by atoms with van der Waals surface area (Å²) in [5.74, 6) is 0.447. The van der Waals surface area contributed by atoms with Gasteiger partial charge in [-0.25, -0.2) is 0 Å². The van der Waals surface area contributed by atoms with Crippen LogP contribution >= 0.6 is 0 Å². The van der Waals surface area contributed by atoms with Crippen molar-refractivity contribution in [2.24, 2.45) is 5.92 Å². The lowest BCUT2D eigenvalue weighted by molar-refractivity contribution is 0.0939. The monoisotopic (exact) mass is 262 g/mol. The fourth-order valence-corrected chi connectivity index (χ4v) is 2.71. The van der Waals surface area contributed by atoms with Crippen molar-refractivity contribution >= 4 is 5.91 Å². The molecule has 1 aromatic carbocycles. The number of aromatic hydroxyl groups is 1. The van der Waals surface area contributed by atoms with Crippen molar-refractivity contribution in [1.29, 1.82) is 0 Å². The Bertz CT molecular complexity index is 434. The van der Waals surface area contributed by atoms with Gasteiger partial charge in [0.05, 0.1) is 5.56 Å². The van der Waals surface area contributed by atoms with Crippen molar-refractivity contribution in [2.45, 2.75) is 32.2 Å². The Kier molecular flexibility index (Phi) is 4.80. The molecule has 1 fully saturated rings. The molecular formula is C15H22N2O2. The van der Waals surface area contributed by atoms with E-state index in [1.54, 1.807) is 18.2 Å². The summed E-state index contributed by atoms with van der Waals surface area (Å²) in [6, 6.07) is 6.97. The van der Waals surface area contributed by atoms with E-state index in [0.29, 0.717) is 24.1 Å². The first-order valence-electron chi connectivity index (χ1n) is 7.02. The van der Waals surface area contributed by atoms with Gasteiger partial charge < -0.3 is 15.7 Å². The molecule has 4 nitrogen and oxygen atoms in total. The molecule has 19 heavy (non-hydrogen) atoms. The SMILES string of the molecule is CCC1CCCNC1CNC(=O)c1ccccc1O. The lowest BCUT2D eigenvalue weighted by Crippen LogP contribution is -2.48. The molecule has 1 aliphatic heterocycles. The molecule has 104 valence electrons. The number of amides is 1. The van der Waals surface area contributed by atoms with Crippen LogP contribution in [0.4, 0.5) is 0 Å². The minimum Gasteiger partial charge on any atom is -0.507 e. The Morgan fingerprint density at radius 1 is 1.47 bits per heavy atom. The van der Waals surface area contributed by atoms with E-state index in [9.17, 15) is 9.90 Å². The van der Waals surface area contributed by atoms with Gasteiger partial charge in [0.2, 0.25) is 0 Å². The zero-order chi connectivity index (χ0) is 13.7. The third kappa shape index (κ3) is 3.47. The molecule has 3 N–H and O–H groups in total. The minimum absolute atomic E-state index is 0.0312. The fourth-order valence-electron chi connectivity index (χ4n) is 2.71. The molecule has 4 heteroatoms. The predicted molar refractivity (Wildman–Crippen MR) is 75.2 cm³/mol. The Hall–Kier alpha value is -1.55. The second kappa shape index (κ2) is 6.57. The molecule has 0 aliphatic carbocycles. The first-order valence-corrected chi connectivity index (χ1v) is 7.02.